The van der Waals surface area contributed by atoms with Crippen molar-refractivity contribution in [2.45, 2.75) is 128 Å². The second kappa shape index (κ2) is 30.4. The number of ether oxygens (including phenoxy) is 1. The van der Waals surface area contributed by atoms with Crippen LogP contribution in [0.25, 0.3) is 0 Å². The standard InChI is InChI=1S/C54H70N6O14/c1-33-11-6-7-15-43(33)60-54(73)57-39-22-18-35(19-23-39)28-40(61)29-37(14-8-9-26-56-53(55)72)50(68)58-44(16-10-17-48(64)65)47(63)31-42(36-12-4-3-5-13-36)51(69)59-45(32-49(66)67)46(62)30-38(52(70)71)27-34-20-24-41(74-2)25-21-34/h6-7,11,15,18-25,36-38,42,44-45H,3-5,8-10,12-14,16-17,26-32H2,1-2H3,(H,58,68)(H,59,69)(H,64,65)(H,66,67)(H,70,71)(H3,55,56,72)(H2,57,60,73)/t37-,38+,42-,44+,45+/m1/s1. The summed E-state index contributed by atoms with van der Waals surface area (Å²) >= 11 is 0. The Bertz CT molecular complexity index is 2420. The predicted octanol–water partition coefficient (Wildman–Crippen LogP) is 6.36. The van der Waals surface area contributed by atoms with Gasteiger partial charge in [-0.2, -0.15) is 0 Å². The quantitative estimate of drug-likeness (QED) is 0.0307. The molecule has 1 saturated carbocycles. The Morgan fingerprint density at radius 1 is 0.662 bits per heavy atom. The van der Waals surface area contributed by atoms with Crippen LogP contribution >= 0.6 is 0 Å². The van der Waals surface area contributed by atoms with Crippen LogP contribution in [0.15, 0.2) is 72.8 Å². The number of benzene rings is 3. The van der Waals surface area contributed by atoms with E-state index in [9.17, 15) is 63.3 Å². The van der Waals surface area contributed by atoms with E-state index in [4.69, 9.17) is 10.5 Å². The molecule has 0 spiro atoms. The van der Waals surface area contributed by atoms with Gasteiger partial charge in [-0.3, -0.25) is 38.4 Å². The van der Waals surface area contributed by atoms with Crippen molar-refractivity contribution in [2.75, 3.05) is 24.3 Å². The summed E-state index contributed by atoms with van der Waals surface area (Å²) in [6, 6.07) is 16.3. The van der Waals surface area contributed by atoms with Crippen molar-refractivity contribution >= 4 is 70.5 Å². The lowest BCUT2D eigenvalue weighted by Gasteiger charge is -2.31. The Morgan fingerprint density at radius 3 is 1.93 bits per heavy atom. The number of nitrogens with two attached hydrogens (primary N) is 1. The summed E-state index contributed by atoms with van der Waals surface area (Å²) in [5, 5.41) is 42.7. The number of carbonyl (C=O) groups is 10. The predicted molar refractivity (Wildman–Crippen MR) is 273 cm³/mol. The number of para-hydroxylation sites is 1. The highest BCUT2D eigenvalue weighted by molar-refractivity contribution is 6.00. The van der Waals surface area contributed by atoms with Crippen molar-refractivity contribution in [3.8, 4) is 5.75 Å². The van der Waals surface area contributed by atoms with Crippen molar-refractivity contribution < 1.29 is 68.0 Å². The number of nitrogens with one attached hydrogen (secondary N) is 5. The van der Waals surface area contributed by atoms with Crippen LogP contribution in [0.2, 0.25) is 0 Å². The first kappa shape index (κ1) is 58.9. The van der Waals surface area contributed by atoms with Gasteiger partial charge in [0.1, 0.15) is 11.5 Å². The number of rotatable bonds is 32. The van der Waals surface area contributed by atoms with Crippen LogP contribution in [-0.4, -0.2) is 100 Å². The number of anilines is 2. The number of ketones is 3. The van der Waals surface area contributed by atoms with Gasteiger partial charge in [-0.05, 0) is 105 Å². The number of methoxy groups -OCH3 is 1. The topological polar surface area (TPSA) is 327 Å². The second-order valence-corrected chi connectivity index (χ2v) is 18.9. The fourth-order valence-corrected chi connectivity index (χ4v) is 9.14. The minimum absolute atomic E-state index is 0.0381. The number of carbonyl (C=O) groups excluding carboxylic acids is 7. The zero-order chi connectivity index (χ0) is 54.2. The van der Waals surface area contributed by atoms with Crippen LogP contribution in [-0.2, 0) is 51.2 Å². The molecule has 74 heavy (non-hydrogen) atoms. The zero-order valence-electron chi connectivity index (χ0n) is 42.0. The highest BCUT2D eigenvalue weighted by Crippen LogP contribution is 2.33. The maximum absolute atomic E-state index is 14.5. The molecule has 0 aromatic heterocycles. The number of aliphatic carboxylic acids is 3. The van der Waals surface area contributed by atoms with Crippen LogP contribution < -0.4 is 37.1 Å². The summed E-state index contributed by atoms with van der Waals surface area (Å²) in [5.74, 6) is -10.3. The number of aryl methyl sites for hydroxylation is 1. The van der Waals surface area contributed by atoms with E-state index in [0.717, 1.165) is 24.8 Å². The van der Waals surface area contributed by atoms with E-state index in [2.05, 4.69) is 26.6 Å². The van der Waals surface area contributed by atoms with Crippen molar-refractivity contribution in [2.24, 2.45) is 29.4 Å². The summed E-state index contributed by atoms with van der Waals surface area (Å²) in [6.45, 7) is 2.06. The molecule has 4 rings (SSSR count). The second-order valence-electron chi connectivity index (χ2n) is 18.9. The first-order chi connectivity index (χ1) is 35.3. The van der Waals surface area contributed by atoms with Crippen LogP contribution in [0.4, 0.5) is 21.0 Å². The number of carboxylic acid groups (broad SMARTS) is 3. The molecule has 20 heteroatoms. The van der Waals surface area contributed by atoms with Gasteiger partial charge in [0.2, 0.25) is 11.8 Å². The highest BCUT2D eigenvalue weighted by Gasteiger charge is 2.37. The molecule has 0 aliphatic heterocycles. The van der Waals surface area contributed by atoms with Gasteiger partial charge >= 0.3 is 30.0 Å². The molecule has 0 unspecified atom stereocenters. The van der Waals surface area contributed by atoms with Crippen molar-refractivity contribution in [1.29, 1.82) is 0 Å². The van der Waals surface area contributed by atoms with Gasteiger partial charge in [-0.25, -0.2) is 9.59 Å². The Balaban J connectivity index is 1.51. The Kier molecular flexibility index (Phi) is 24.2. The number of hydrogen-bond acceptors (Lipinski definition) is 11. The lowest BCUT2D eigenvalue weighted by molar-refractivity contribution is -0.145. The number of Topliss-reactive ketones (excluding diaryl/α,β-unsaturated/α-hetero) is 3. The van der Waals surface area contributed by atoms with E-state index in [1.54, 1.807) is 60.7 Å². The van der Waals surface area contributed by atoms with Gasteiger partial charge in [0.05, 0.1) is 31.5 Å². The van der Waals surface area contributed by atoms with Gasteiger partial charge in [0.25, 0.3) is 0 Å². The fourth-order valence-electron chi connectivity index (χ4n) is 9.14. The maximum atomic E-state index is 14.5. The van der Waals surface area contributed by atoms with Gasteiger partial charge < -0.3 is 52.4 Å². The fraction of sp³-hybridized carbons (Fsp3) is 0.481. The summed E-state index contributed by atoms with van der Waals surface area (Å²) in [4.78, 5) is 130. The zero-order valence-corrected chi connectivity index (χ0v) is 42.0. The normalized spacial score (nSPS) is 14.4. The molecule has 0 radical (unpaired) electrons. The molecule has 10 N–H and O–H groups in total. The molecule has 1 fully saturated rings. The molecule has 1 aliphatic rings. The number of carboxylic acids is 3. The molecule has 1 aliphatic carbocycles. The third-order valence-electron chi connectivity index (χ3n) is 13.2. The molecule has 5 atom stereocenters. The maximum Gasteiger partial charge on any atom is 0.323 e. The molecular formula is C54H70N6O14. The molecule has 0 bridgehead atoms. The van der Waals surface area contributed by atoms with Gasteiger partial charge in [0, 0.05) is 61.9 Å². The largest absolute Gasteiger partial charge is 0.497 e. The molecule has 20 nitrogen and oxygen atoms in total. The lowest BCUT2D eigenvalue weighted by Crippen LogP contribution is -2.49. The summed E-state index contributed by atoms with van der Waals surface area (Å²) in [7, 11) is 1.47. The van der Waals surface area contributed by atoms with E-state index in [-0.39, 0.29) is 63.2 Å². The molecule has 0 saturated heterocycles. The minimum atomic E-state index is -1.63. The third kappa shape index (κ3) is 20.8. The first-order valence-electron chi connectivity index (χ1n) is 25.0. The van der Waals surface area contributed by atoms with Crippen molar-refractivity contribution in [3.05, 3.63) is 89.5 Å². The molecule has 400 valence electrons. The summed E-state index contributed by atoms with van der Waals surface area (Å²) in [6.07, 6.45) is 1.46. The number of urea groups is 2. The molecule has 3 aromatic carbocycles. The average molecular weight is 1030 g/mol. The molecule has 3 aromatic rings. The summed E-state index contributed by atoms with van der Waals surface area (Å²) in [5.41, 5.74) is 8.38. The summed E-state index contributed by atoms with van der Waals surface area (Å²) < 4.78 is 5.16. The van der Waals surface area contributed by atoms with E-state index in [1.807, 2.05) is 19.1 Å². The van der Waals surface area contributed by atoms with E-state index < -0.39 is 102 Å². The SMILES string of the molecule is COc1ccc(C[C@@H](CC(=O)[C@H](CC(=O)O)NC(=O)[C@H](CC(=O)[C@H](CCCC(=O)O)NC(=O)[C@H](CCCCNC(N)=O)CC(=O)Cc2ccc(NC(=O)Nc3ccccc3C)cc2)C2CCCCC2)C(=O)O)cc1. The monoisotopic (exact) mass is 1030 g/mol. The van der Waals surface area contributed by atoms with Crippen LogP contribution in [0, 0.1) is 30.6 Å². The van der Waals surface area contributed by atoms with Crippen molar-refractivity contribution in [3.63, 3.8) is 0 Å². The van der Waals surface area contributed by atoms with Crippen LogP contribution in [0.1, 0.15) is 113 Å². The number of amides is 6. The first-order valence-corrected chi connectivity index (χ1v) is 25.0. The Morgan fingerprint density at radius 2 is 1.31 bits per heavy atom. The third-order valence-corrected chi connectivity index (χ3v) is 13.2. The molecule has 0 heterocycles. The van der Waals surface area contributed by atoms with Gasteiger partial charge in [0.15, 0.2) is 11.6 Å². The van der Waals surface area contributed by atoms with Gasteiger partial charge in [-0.15, -0.1) is 0 Å². The number of unbranched alkanes of at least 4 members (excludes halogenated alkanes) is 1. The molecular weight excluding hydrogens is 957 g/mol. The average Bonchev–Trinajstić information content (AvgIpc) is 3.35. The van der Waals surface area contributed by atoms with Crippen LogP contribution in [0.5, 0.6) is 5.75 Å². The van der Waals surface area contributed by atoms with Crippen LogP contribution in [0.3, 0.4) is 0 Å². The smallest absolute Gasteiger partial charge is 0.323 e. The minimum Gasteiger partial charge on any atom is -0.497 e. The Labute approximate surface area is 430 Å². The van der Waals surface area contributed by atoms with E-state index >= 15 is 0 Å². The number of hydrogen-bond donors (Lipinski definition) is 9. The van der Waals surface area contributed by atoms with Crippen molar-refractivity contribution in [1.82, 2.24) is 16.0 Å². The van der Waals surface area contributed by atoms with E-state index in [0.29, 0.717) is 53.9 Å². The highest BCUT2D eigenvalue weighted by atomic mass is 16.5. The van der Waals surface area contributed by atoms with Gasteiger partial charge in [-0.1, -0.05) is 68.1 Å². The Hall–Kier alpha value is -7.64. The lowest BCUT2D eigenvalue weighted by atomic mass is 9.76. The number of primary amides is 1. The molecule has 6 amide bonds. The van der Waals surface area contributed by atoms with E-state index in [1.165, 1.54) is 7.11 Å².